The van der Waals surface area contributed by atoms with Crippen LogP contribution in [0.2, 0.25) is 0 Å². The summed E-state index contributed by atoms with van der Waals surface area (Å²) in [6.07, 6.45) is -1.51. The molecule has 0 fully saturated rings. The van der Waals surface area contributed by atoms with Crippen LogP contribution in [0.15, 0.2) is 24.3 Å². The standard InChI is InChI=1S/C14H19F2NO/c1-4-11-5-7-12(8-6-11)14(18)10(2)17(3)9-13(15)16/h5-8,10,13H,4,9H2,1-3H3. The molecule has 0 aliphatic heterocycles. The third kappa shape index (κ3) is 3.88. The molecule has 0 N–H and O–H groups in total. The molecule has 0 heterocycles. The molecule has 1 aromatic carbocycles. The summed E-state index contributed by atoms with van der Waals surface area (Å²) in [6, 6.07) is 6.77. The van der Waals surface area contributed by atoms with Gasteiger partial charge in [0, 0.05) is 5.56 Å². The lowest BCUT2D eigenvalue weighted by Crippen LogP contribution is -2.38. The van der Waals surface area contributed by atoms with Crippen LogP contribution in [0.5, 0.6) is 0 Å². The van der Waals surface area contributed by atoms with Crippen LogP contribution in [-0.4, -0.2) is 36.7 Å². The van der Waals surface area contributed by atoms with Crippen molar-refractivity contribution in [1.29, 1.82) is 0 Å². The molecular weight excluding hydrogens is 236 g/mol. The Balaban J connectivity index is 2.73. The number of hydrogen-bond donors (Lipinski definition) is 0. The average Bonchev–Trinajstić information content (AvgIpc) is 2.36. The van der Waals surface area contributed by atoms with E-state index in [1.165, 1.54) is 11.9 Å². The second-order valence-electron chi connectivity index (χ2n) is 4.42. The summed E-state index contributed by atoms with van der Waals surface area (Å²) >= 11 is 0. The molecule has 18 heavy (non-hydrogen) atoms. The smallest absolute Gasteiger partial charge is 0.251 e. The lowest BCUT2D eigenvalue weighted by Gasteiger charge is -2.23. The van der Waals surface area contributed by atoms with Gasteiger partial charge in [-0.05, 0) is 26.0 Å². The molecule has 0 aliphatic carbocycles. The Morgan fingerprint density at radius 1 is 1.28 bits per heavy atom. The fraction of sp³-hybridized carbons (Fsp3) is 0.500. The first-order chi connectivity index (χ1) is 8.45. The number of benzene rings is 1. The van der Waals surface area contributed by atoms with Gasteiger partial charge in [-0.25, -0.2) is 8.78 Å². The molecule has 2 nitrogen and oxygen atoms in total. The summed E-state index contributed by atoms with van der Waals surface area (Å²) in [5.41, 5.74) is 1.72. The number of ketones is 1. The zero-order chi connectivity index (χ0) is 13.7. The van der Waals surface area contributed by atoms with Crippen molar-refractivity contribution in [3.63, 3.8) is 0 Å². The van der Waals surface area contributed by atoms with E-state index in [-0.39, 0.29) is 12.3 Å². The van der Waals surface area contributed by atoms with E-state index in [1.54, 1.807) is 19.1 Å². The van der Waals surface area contributed by atoms with Crippen LogP contribution in [0.4, 0.5) is 8.78 Å². The van der Waals surface area contributed by atoms with E-state index < -0.39 is 12.5 Å². The number of nitrogens with zero attached hydrogens (tertiary/aromatic N) is 1. The number of carbonyl (C=O) groups excluding carboxylic acids is 1. The van der Waals surface area contributed by atoms with Crippen molar-refractivity contribution in [2.45, 2.75) is 32.7 Å². The molecule has 0 amide bonds. The van der Waals surface area contributed by atoms with Crippen LogP contribution in [-0.2, 0) is 6.42 Å². The van der Waals surface area contributed by atoms with Crippen molar-refractivity contribution in [3.05, 3.63) is 35.4 Å². The third-order valence-corrected chi connectivity index (χ3v) is 3.11. The van der Waals surface area contributed by atoms with E-state index in [0.717, 1.165) is 12.0 Å². The van der Waals surface area contributed by atoms with E-state index >= 15 is 0 Å². The first-order valence-corrected chi connectivity index (χ1v) is 6.07. The summed E-state index contributed by atoms with van der Waals surface area (Å²) < 4.78 is 24.5. The maximum Gasteiger partial charge on any atom is 0.251 e. The molecular formula is C14H19F2NO. The van der Waals surface area contributed by atoms with E-state index in [2.05, 4.69) is 0 Å². The molecule has 0 radical (unpaired) electrons. The predicted octanol–water partition coefficient (Wildman–Crippen LogP) is 3.02. The quantitative estimate of drug-likeness (QED) is 0.728. The summed E-state index contributed by atoms with van der Waals surface area (Å²) in [5.74, 6) is -0.124. The van der Waals surface area contributed by atoms with Gasteiger partial charge in [0.1, 0.15) is 0 Å². The second-order valence-corrected chi connectivity index (χ2v) is 4.42. The van der Waals surface area contributed by atoms with Crippen molar-refractivity contribution in [2.24, 2.45) is 0 Å². The van der Waals surface area contributed by atoms with Gasteiger partial charge in [0.05, 0.1) is 12.6 Å². The zero-order valence-electron chi connectivity index (χ0n) is 11.0. The molecule has 0 saturated carbocycles. The first kappa shape index (κ1) is 14.8. The average molecular weight is 255 g/mol. The van der Waals surface area contributed by atoms with Crippen LogP contribution in [0.3, 0.4) is 0 Å². The Morgan fingerprint density at radius 2 is 1.83 bits per heavy atom. The highest BCUT2D eigenvalue weighted by molar-refractivity contribution is 5.99. The fourth-order valence-corrected chi connectivity index (χ4v) is 1.72. The second kappa shape index (κ2) is 6.59. The van der Waals surface area contributed by atoms with Gasteiger partial charge in [-0.1, -0.05) is 31.2 Å². The van der Waals surface area contributed by atoms with E-state index in [9.17, 15) is 13.6 Å². The summed E-state index contributed by atoms with van der Waals surface area (Å²) in [6.45, 7) is 3.30. The Kier molecular flexibility index (Phi) is 5.41. The van der Waals surface area contributed by atoms with Crippen molar-refractivity contribution in [1.82, 2.24) is 4.90 Å². The summed E-state index contributed by atoms with van der Waals surface area (Å²) in [5, 5.41) is 0. The van der Waals surface area contributed by atoms with E-state index in [4.69, 9.17) is 0 Å². The monoisotopic (exact) mass is 255 g/mol. The van der Waals surface area contributed by atoms with E-state index in [0.29, 0.717) is 5.56 Å². The zero-order valence-corrected chi connectivity index (χ0v) is 11.0. The number of aryl methyl sites for hydroxylation is 1. The predicted molar refractivity (Wildman–Crippen MR) is 68.2 cm³/mol. The Bertz CT molecular complexity index is 389. The Hall–Kier alpha value is -1.29. The molecule has 1 unspecified atom stereocenters. The number of rotatable bonds is 6. The summed E-state index contributed by atoms with van der Waals surface area (Å²) in [4.78, 5) is 13.5. The van der Waals surface area contributed by atoms with Gasteiger partial charge in [-0.2, -0.15) is 0 Å². The highest BCUT2D eigenvalue weighted by atomic mass is 19.3. The van der Waals surface area contributed by atoms with Crippen molar-refractivity contribution < 1.29 is 13.6 Å². The number of Topliss-reactive ketones (excluding diaryl/α,β-unsaturated/α-hetero) is 1. The number of likely N-dealkylation sites (N-methyl/N-ethyl adjacent to an activating group) is 1. The van der Waals surface area contributed by atoms with Gasteiger partial charge in [0.2, 0.25) is 0 Å². The van der Waals surface area contributed by atoms with Gasteiger partial charge in [-0.15, -0.1) is 0 Å². The third-order valence-electron chi connectivity index (χ3n) is 3.11. The number of carbonyl (C=O) groups is 1. The molecule has 100 valence electrons. The van der Waals surface area contributed by atoms with Gasteiger partial charge < -0.3 is 0 Å². The molecule has 0 aliphatic rings. The van der Waals surface area contributed by atoms with Crippen LogP contribution in [0, 0.1) is 0 Å². The molecule has 0 bridgehead atoms. The molecule has 0 aromatic heterocycles. The molecule has 0 spiro atoms. The van der Waals surface area contributed by atoms with Gasteiger partial charge in [-0.3, -0.25) is 9.69 Å². The van der Waals surface area contributed by atoms with E-state index in [1.807, 2.05) is 19.1 Å². The number of alkyl halides is 2. The Labute approximate surface area is 107 Å². The topological polar surface area (TPSA) is 20.3 Å². The summed E-state index contributed by atoms with van der Waals surface area (Å²) in [7, 11) is 1.54. The maximum atomic E-state index is 12.3. The van der Waals surface area contributed by atoms with Gasteiger partial charge in [0.15, 0.2) is 5.78 Å². The number of halogens is 2. The highest BCUT2D eigenvalue weighted by Gasteiger charge is 2.21. The minimum absolute atomic E-state index is 0.124. The normalized spacial score (nSPS) is 13.1. The fourth-order valence-electron chi connectivity index (χ4n) is 1.72. The minimum Gasteiger partial charge on any atom is -0.292 e. The minimum atomic E-state index is -2.42. The largest absolute Gasteiger partial charge is 0.292 e. The maximum absolute atomic E-state index is 12.3. The highest BCUT2D eigenvalue weighted by Crippen LogP contribution is 2.11. The van der Waals surface area contributed by atoms with Crippen molar-refractivity contribution in [2.75, 3.05) is 13.6 Å². The van der Waals surface area contributed by atoms with Gasteiger partial charge in [0.25, 0.3) is 6.43 Å². The van der Waals surface area contributed by atoms with Crippen LogP contribution in [0.25, 0.3) is 0 Å². The SMILES string of the molecule is CCc1ccc(C(=O)C(C)N(C)CC(F)F)cc1. The first-order valence-electron chi connectivity index (χ1n) is 6.07. The lowest BCUT2D eigenvalue weighted by atomic mass is 10.0. The van der Waals surface area contributed by atoms with Crippen LogP contribution < -0.4 is 0 Å². The number of hydrogen-bond acceptors (Lipinski definition) is 2. The van der Waals surface area contributed by atoms with Gasteiger partial charge >= 0.3 is 0 Å². The molecule has 1 aromatic rings. The molecule has 4 heteroatoms. The Morgan fingerprint density at radius 3 is 2.28 bits per heavy atom. The van der Waals surface area contributed by atoms with Crippen LogP contribution >= 0.6 is 0 Å². The lowest BCUT2D eigenvalue weighted by molar-refractivity contribution is 0.0679. The van der Waals surface area contributed by atoms with Crippen molar-refractivity contribution in [3.8, 4) is 0 Å². The molecule has 0 saturated heterocycles. The molecule has 1 rings (SSSR count). The van der Waals surface area contributed by atoms with Crippen LogP contribution in [0.1, 0.15) is 29.8 Å². The molecule has 1 atom stereocenters. The van der Waals surface area contributed by atoms with Crippen molar-refractivity contribution >= 4 is 5.78 Å².